The van der Waals surface area contributed by atoms with Gasteiger partial charge in [0.05, 0.1) is 11.8 Å². The number of nitrogens with one attached hydrogen (secondary N) is 1. The summed E-state index contributed by atoms with van der Waals surface area (Å²) in [5, 5.41) is 2.40. The van der Waals surface area contributed by atoms with Crippen molar-refractivity contribution in [3.05, 3.63) is 92.9 Å². The number of nitrogens with zero attached hydrogens (tertiary/aromatic N) is 2. The van der Waals surface area contributed by atoms with E-state index in [9.17, 15) is 22.8 Å². The van der Waals surface area contributed by atoms with Gasteiger partial charge in [-0.05, 0) is 72.7 Å². The van der Waals surface area contributed by atoms with Crippen LogP contribution in [0.25, 0.3) is 0 Å². The second-order valence-electron chi connectivity index (χ2n) is 8.05. The third-order valence-corrected chi connectivity index (χ3v) is 6.15. The molecule has 5 nitrogen and oxygen atoms in total. The summed E-state index contributed by atoms with van der Waals surface area (Å²) < 4.78 is 42.0. The Morgan fingerprint density at radius 1 is 1.09 bits per heavy atom. The van der Waals surface area contributed by atoms with E-state index in [1.807, 2.05) is 13.8 Å². The lowest BCUT2D eigenvalue weighted by Gasteiger charge is -2.30. The first-order valence-electron chi connectivity index (χ1n) is 10.5. The molecule has 0 atom stereocenters. The first kappa shape index (κ1) is 22.5. The zero-order valence-electron chi connectivity index (χ0n) is 18.4. The van der Waals surface area contributed by atoms with Gasteiger partial charge in [0.15, 0.2) is 11.6 Å². The Morgan fingerprint density at radius 2 is 1.85 bits per heavy atom. The first-order chi connectivity index (χ1) is 15.7. The minimum Gasteiger partial charge on any atom is -0.355 e. The number of anilines is 1. The van der Waals surface area contributed by atoms with Crippen LogP contribution in [-0.4, -0.2) is 30.4 Å². The number of benzene rings is 2. The Hall–Kier alpha value is -3.68. The Balaban J connectivity index is 1.70. The maximum Gasteiger partial charge on any atom is 0.259 e. The second-order valence-corrected chi connectivity index (χ2v) is 8.05. The number of aromatic nitrogens is 1. The van der Waals surface area contributed by atoms with Gasteiger partial charge in [-0.1, -0.05) is 6.07 Å². The Morgan fingerprint density at radius 3 is 2.52 bits per heavy atom. The van der Waals surface area contributed by atoms with E-state index < -0.39 is 29.3 Å². The Bertz CT molecular complexity index is 1290. The summed E-state index contributed by atoms with van der Waals surface area (Å²) in [5.74, 6) is -3.48. The van der Waals surface area contributed by atoms with Crippen LogP contribution in [0.4, 0.5) is 19.0 Å². The van der Waals surface area contributed by atoms with Crippen molar-refractivity contribution in [2.45, 2.75) is 26.7 Å². The quantitative estimate of drug-likeness (QED) is 0.642. The fraction of sp³-hybridized carbons (Fsp3) is 0.240. The van der Waals surface area contributed by atoms with Crippen LogP contribution in [0.2, 0.25) is 0 Å². The van der Waals surface area contributed by atoms with Crippen molar-refractivity contribution in [2.75, 3.05) is 18.5 Å². The molecular formula is C25H22F3N3O2. The van der Waals surface area contributed by atoms with Crippen LogP contribution in [0.5, 0.6) is 0 Å². The van der Waals surface area contributed by atoms with Crippen LogP contribution in [0.3, 0.4) is 0 Å². The van der Waals surface area contributed by atoms with Gasteiger partial charge in [-0.3, -0.25) is 14.5 Å². The van der Waals surface area contributed by atoms with E-state index in [4.69, 9.17) is 0 Å². The molecule has 8 heteroatoms. The second kappa shape index (κ2) is 8.69. The molecule has 0 radical (unpaired) electrons. The summed E-state index contributed by atoms with van der Waals surface area (Å²) in [6, 6.07) is 6.87. The van der Waals surface area contributed by atoms with Gasteiger partial charge in [0, 0.05) is 25.2 Å². The van der Waals surface area contributed by atoms with Crippen molar-refractivity contribution in [1.29, 1.82) is 0 Å². The molecule has 33 heavy (non-hydrogen) atoms. The first-order valence-corrected chi connectivity index (χ1v) is 10.5. The summed E-state index contributed by atoms with van der Waals surface area (Å²) in [5.41, 5.74) is 4.66. The predicted molar refractivity (Wildman–Crippen MR) is 118 cm³/mol. The van der Waals surface area contributed by atoms with E-state index in [-0.39, 0.29) is 17.9 Å². The van der Waals surface area contributed by atoms with Crippen LogP contribution in [0, 0.1) is 31.3 Å². The van der Waals surface area contributed by atoms with E-state index in [1.165, 1.54) is 24.1 Å². The Labute approximate surface area is 189 Å². The van der Waals surface area contributed by atoms with Crippen LogP contribution in [-0.2, 0) is 12.8 Å². The molecule has 0 unspecified atom stereocenters. The van der Waals surface area contributed by atoms with Gasteiger partial charge in [-0.15, -0.1) is 0 Å². The zero-order valence-corrected chi connectivity index (χ0v) is 18.4. The number of carbonyl (C=O) groups excluding carboxylic acids is 2. The molecule has 1 aliphatic heterocycles. The number of amides is 2. The van der Waals surface area contributed by atoms with Crippen molar-refractivity contribution in [3.63, 3.8) is 0 Å². The fourth-order valence-corrected chi connectivity index (χ4v) is 4.22. The highest BCUT2D eigenvalue weighted by Crippen LogP contribution is 2.31. The summed E-state index contributed by atoms with van der Waals surface area (Å²) >= 11 is 0. The molecule has 0 saturated heterocycles. The lowest BCUT2D eigenvalue weighted by atomic mass is 9.86. The molecule has 3 aromatic rings. The van der Waals surface area contributed by atoms with Gasteiger partial charge in [0.1, 0.15) is 11.6 Å². The number of rotatable bonds is 4. The maximum absolute atomic E-state index is 14.4. The minimum atomic E-state index is -0.900. The van der Waals surface area contributed by atoms with Gasteiger partial charge in [0.2, 0.25) is 0 Å². The average molecular weight is 453 g/mol. The summed E-state index contributed by atoms with van der Waals surface area (Å²) in [4.78, 5) is 30.0. The van der Waals surface area contributed by atoms with Crippen LogP contribution >= 0.6 is 0 Å². The molecule has 1 aliphatic rings. The van der Waals surface area contributed by atoms with Gasteiger partial charge in [-0.2, -0.15) is 0 Å². The molecule has 4 rings (SSSR count). The minimum absolute atomic E-state index is 0.0424. The monoisotopic (exact) mass is 453 g/mol. The van der Waals surface area contributed by atoms with E-state index in [2.05, 4.69) is 10.3 Å². The average Bonchev–Trinajstić information content (AvgIpc) is 2.78. The summed E-state index contributed by atoms with van der Waals surface area (Å²) in [7, 11) is 1.43. The topological polar surface area (TPSA) is 62.3 Å². The fourth-order valence-electron chi connectivity index (χ4n) is 4.22. The van der Waals surface area contributed by atoms with Crippen molar-refractivity contribution < 1.29 is 22.8 Å². The highest BCUT2D eigenvalue weighted by molar-refractivity contribution is 6.08. The van der Waals surface area contributed by atoms with Crippen LogP contribution < -0.4 is 10.2 Å². The number of hydrogen-bond acceptors (Lipinski definition) is 3. The molecule has 0 saturated carbocycles. The number of fused-ring (bicyclic) bond motifs is 1. The predicted octanol–water partition coefficient (Wildman–Crippen LogP) is 4.27. The van der Waals surface area contributed by atoms with Crippen molar-refractivity contribution in [3.8, 4) is 0 Å². The van der Waals surface area contributed by atoms with Crippen LogP contribution in [0.1, 0.15) is 48.5 Å². The standard InChI is InChI=1S/C25H22F3N3O2/c1-13-14(2)18-6-7-31(23-22(28)11-17(26)12-30-23)25(33)20(18)10-16(13)8-15-4-5-19(21(27)9-15)24(32)29-3/h4-5,9-12H,6-8H2,1-3H3,(H,29,32). The Kier molecular flexibility index (Phi) is 5.93. The maximum atomic E-state index is 14.4. The zero-order chi connectivity index (χ0) is 23.9. The molecule has 2 amide bonds. The molecule has 170 valence electrons. The highest BCUT2D eigenvalue weighted by Gasteiger charge is 2.30. The van der Waals surface area contributed by atoms with Crippen molar-refractivity contribution in [2.24, 2.45) is 0 Å². The van der Waals surface area contributed by atoms with Crippen LogP contribution in [0.15, 0.2) is 36.5 Å². The largest absolute Gasteiger partial charge is 0.355 e. The molecule has 1 aromatic heterocycles. The molecule has 0 spiro atoms. The van der Waals surface area contributed by atoms with E-state index in [1.54, 1.807) is 12.1 Å². The van der Waals surface area contributed by atoms with E-state index in [0.29, 0.717) is 30.0 Å². The van der Waals surface area contributed by atoms with Gasteiger partial charge in [0.25, 0.3) is 11.8 Å². The third kappa shape index (κ3) is 4.08. The number of hydrogen-bond donors (Lipinski definition) is 1. The lowest BCUT2D eigenvalue weighted by molar-refractivity contribution is 0.0956. The smallest absolute Gasteiger partial charge is 0.259 e. The molecule has 2 heterocycles. The highest BCUT2D eigenvalue weighted by atomic mass is 19.1. The van der Waals surface area contributed by atoms with E-state index in [0.717, 1.165) is 28.5 Å². The number of halogens is 3. The van der Waals surface area contributed by atoms with Crippen molar-refractivity contribution in [1.82, 2.24) is 10.3 Å². The molecule has 0 bridgehead atoms. The normalized spacial score (nSPS) is 13.2. The summed E-state index contributed by atoms with van der Waals surface area (Å²) in [6.07, 6.45) is 1.73. The van der Waals surface area contributed by atoms with Gasteiger partial charge < -0.3 is 5.32 Å². The lowest BCUT2D eigenvalue weighted by Crippen LogP contribution is -2.39. The molecule has 0 fully saturated rings. The molecule has 2 aromatic carbocycles. The van der Waals surface area contributed by atoms with Gasteiger partial charge >= 0.3 is 0 Å². The SMILES string of the molecule is CNC(=O)c1ccc(Cc2cc3c(c(C)c2C)CCN(c2ncc(F)cc2F)C3=O)cc1F. The number of carbonyl (C=O) groups is 2. The van der Waals surface area contributed by atoms with Gasteiger partial charge in [-0.25, -0.2) is 18.2 Å². The molecule has 1 N–H and O–H groups in total. The third-order valence-electron chi connectivity index (χ3n) is 6.15. The molecule has 0 aliphatic carbocycles. The number of pyridine rings is 1. The van der Waals surface area contributed by atoms with E-state index >= 15 is 0 Å². The van der Waals surface area contributed by atoms with Crippen molar-refractivity contribution >= 4 is 17.6 Å². The molecular weight excluding hydrogens is 431 g/mol. The summed E-state index contributed by atoms with van der Waals surface area (Å²) in [6.45, 7) is 4.10.